The molecule has 2 fully saturated rings. The summed E-state index contributed by atoms with van der Waals surface area (Å²) in [6.07, 6.45) is 7.02. The Hall–Kier alpha value is -0.180. The lowest BCUT2D eigenvalue weighted by Crippen LogP contribution is -2.23. The fraction of sp³-hybridized carbons (Fsp3) is 0.909. The van der Waals surface area contributed by atoms with E-state index in [2.05, 4.69) is 0 Å². The van der Waals surface area contributed by atoms with E-state index < -0.39 is 0 Å². The van der Waals surface area contributed by atoms with Crippen molar-refractivity contribution in [3.05, 3.63) is 0 Å². The Kier molecular flexibility index (Phi) is 3.37. The average Bonchev–Trinajstić information content (AvgIpc) is 2.79. The van der Waals surface area contributed by atoms with E-state index in [1.54, 1.807) is 11.8 Å². The molecule has 0 aromatic carbocycles. The largest absolute Gasteiger partial charge is 0.465 e. The highest BCUT2D eigenvalue weighted by Crippen LogP contribution is 2.48. The summed E-state index contributed by atoms with van der Waals surface area (Å²) in [4.78, 5) is 11.7. The van der Waals surface area contributed by atoms with E-state index in [4.69, 9.17) is 4.74 Å². The first kappa shape index (κ1) is 10.3. The molecule has 0 N–H and O–H groups in total. The van der Waals surface area contributed by atoms with E-state index >= 15 is 0 Å². The van der Waals surface area contributed by atoms with Gasteiger partial charge in [-0.1, -0.05) is 6.42 Å². The minimum Gasteiger partial charge on any atom is -0.465 e. The molecule has 0 aliphatic heterocycles. The molecule has 2 saturated carbocycles. The van der Waals surface area contributed by atoms with Crippen molar-refractivity contribution in [2.45, 2.75) is 25.7 Å². The zero-order valence-corrected chi connectivity index (χ0v) is 9.52. The fourth-order valence-corrected chi connectivity index (χ4v) is 3.12. The van der Waals surface area contributed by atoms with Crippen LogP contribution in [0.2, 0.25) is 0 Å². The van der Waals surface area contributed by atoms with Crippen LogP contribution in [0.4, 0.5) is 0 Å². The predicted octanol–water partition coefficient (Wildman–Crippen LogP) is 2.33. The van der Waals surface area contributed by atoms with Crippen LogP contribution in [0, 0.1) is 17.8 Å². The first-order valence-corrected chi connectivity index (χ1v) is 6.86. The van der Waals surface area contributed by atoms with E-state index in [9.17, 15) is 4.79 Å². The highest BCUT2D eigenvalue weighted by molar-refractivity contribution is 7.98. The number of thioether (sulfide) groups is 1. The molecule has 0 unspecified atom stereocenters. The Bertz CT molecular complexity index is 217. The summed E-state index contributed by atoms with van der Waals surface area (Å²) in [6.45, 7) is 0.591. The number of carbonyl (C=O) groups excluding carboxylic acids is 1. The zero-order chi connectivity index (χ0) is 9.97. The summed E-state index contributed by atoms with van der Waals surface area (Å²) >= 11 is 1.72. The topological polar surface area (TPSA) is 26.3 Å². The summed E-state index contributed by atoms with van der Waals surface area (Å²) in [5.74, 6) is 2.73. The SMILES string of the molecule is CSCCOC(=O)[C@H]1C[C@H]2CC[C@H]1C2. The van der Waals surface area contributed by atoms with Gasteiger partial charge in [0.05, 0.1) is 5.92 Å². The Morgan fingerprint density at radius 1 is 1.43 bits per heavy atom. The molecule has 0 aromatic heterocycles. The Balaban J connectivity index is 1.75. The van der Waals surface area contributed by atoms with Crippen LogP contribution in [-0.4, -0.2) is 24.6 Å². The lowest BCUT2D eigenvalue weighted by Gasteiger charge is -2.19. The highest BCUT2D eigenvalue weighted by atomic mass is 32.2. The molecule has 14 heavy (non-hydrogen) atoms. The molecular formula is C11H18O2S. The molecule has 2 aliphatic carbocycles. The lowest BCUT2D eigenvalue weighted by atomic mass is 9.89. The van der Waals surface area contributed by atoms with E-state index in [0.717, 1.165) is 18.1 Å². The molecule has 0 amide bonds. The van der Waals surface area contributed by atoms with Crippen molar-refractivity contribution in [1.29, 1.82) is 0 Å². The summed E-state index contributed by atoms with van der Waals surface area (Å²) in [5, 5.41) is 0. The van der Waals surface area contributed by atoms with Crippen LogP contribution in [0.5, 0.6) is 0 Å². The van der Waals surface area contributed by atoms with Gasteiger partial charge in [0.25, 0.3) is 0 Å². The van der Waals surface area contributed by atoms with Crippen LogP contribution >= 0.6 is 11.8 Å². The summed E-state index contributed by atoms with van der Waals surface area (Å²) in [7, 11) is 0. The number of hydrogen-bond donors (Lipinski definition) is 0. The molecule has 2 rings (SSSR count). The molecule has 2 nitrogen and oxygen atoms in total. The number of hydrogen-bond acceptors (Lipinski definition) is 3. The van der Waals surface area contributed by atoms with Gasteiger partial charge < -0.3 is 4.74 Å². The molecule has 0 aromatic rings. The molecule has 2 bridgehead atoms. The molecule has 2 aliphatic rings. The molecule has 0 heterocycles. The van der Waals surface area contributed by atoms with Gasteiger partial charge in [0, 0.05) is 5.75 Å². The maximum Gasteiger partial charge on any atom is 0.309 e. The van der Waals surface area contributed by atoms with Gasteiger partial charge in [0.2, 0.25) is 0 Å². The molecule has 0 spiro atoms. The second-order valence-electron chi connectivity index (χ2n) is 4.44. The van der Waals surface area contributed by atoms with Gasteiger partial charge in [-0.3, -0.25) is 4.79 Å². The maximum atomic E-state index is 11.7. The Morgan fingerprint density at radius 3 is 2.86 bits per heavy atom. The van der Waals surface area contributed by atoms with Gasteiger partial charge in [-0.25, -0.2) is 0 Å². The van der Waals surface area contributed by atoms with Crippen molar-refractivity contribution in [3.63, 3.8) is 0 Å². The van der Waals surface area contributed by atoms with E-state index in [-0.39, 0.29) is 11.9 Å². The van der Waals surface area contributed by atoms with Crippen molar-refractivity contribution < 1.29 is 9.53 Å². The van der Waals surface area contributed by atoms with Crippen molar-refractivity contribution in [3.8, 4) is 0 Å². The number of fused-ring (bicyclic) bond motifs is 2. The van der Waals surface area contributed by atoms with Gasteiger partial charge in [-0.2, -0.15) is 11.8 Å². The van der Waals surface area contributed by atoms with Crippen molar-refractivity contribution in [1.82, 2.24) is 0 Å². The van der Waals surface area contributed by atoms with Crippen molar-refractivity contribution in [2.24, 2.45) is 17.8 Å². The minimum atomic E-state index is 0.0752. The first-order chi connectivity index (χ1) is 6.81. The normalized spacial score (nSPS) is 34.8. The van der Waals surface area contributed by atoms with E-state index in [0.29, 0.717) is 12.5 Å². The number of rotatable bonds is 4. The van der Waals surface area contributed by atoms with Gasteiger partial charge in [0.15, 0.2) is 0 Å². The Morgan fingerprint density at radius 2 is 2.29 bits per heavy atom. The van der Waals surface area contributed by atoms with Gasteiger partial charge in [-0.15, -0.1) is 0 Å². The van der Waals surface area contributed by atoms with Crippen LogP contribution in [0.15, 0.2) is 0 Å². The molecule has 3 atom stereocenters. The molecule has 3 heteroatoms. The number of esters is 1. The van der Waals surface area contributed by atoms with Gasteiger partial charge in [-0.05, 0) is 37.4 Å². The van der Waals surface area contributed by atoms with Crippen LogP contribution < -0.4 is 0 Å². The second-order valence-corrected chi connectivity index (χ2v) is 5.43. The fourth-order valence-electron chi connectivity index (χ4n) is 2.87. The van der Waals surface area contributed by atoms with Crippen molar-refractivity contribution >= 4 is 17.7 Å². The highest BCUT2D eigenvalue weighted by Gasteiger charge is 2.43. The van der Waals surface area contributed by atoms with E-state index in [1.807, 2.05) is 6.26 Å². The number of carbonyl (C=O) groups is 1. The molecule has 80 valence electrons. The number of ether oxygens (including phenoxy) is 1. The summed E-state index contributed by atoms with van der Waals surface area (Å²) in [5.41, 5.74) is 0. The van der Waals surface area contributed by atoms with Gasteiger partial charge in [0.1, 0.15) is 6.61 Å². The molecular weight excluding hydrogens is 196 g/mol. The third-order valence-corrected chi connectivity index (χ3v) is 4.15. The van der Waals surface area contributed by atoms with Crippen LogP contribution in [0.3, 0.4) is 0 Å². The third kappa shape index (κ3) is 2.08. The molecule has 0 saturated heterocycles. The first-order valence-electron chi connectivity index (χ1n) is 5.47. The summed E-state index contributed by atoms with van der Waals surface area (Å²) in [6, 6.07) is 0. The van der Waals surface area contributed by atoms with Crippen LogP contribution in [0.1, 0.15) is 25.7 Å². The smallest absolute Gasteiger partial charge is 0.309 e. The van der Waals surface area contributed by atoms with E-state index in [1.165, 1.54) is 19.3 Å². The zero-order valence-electron chi connectivity index (χ0n) is 8.70. The Labute approximate surface area is 89.8 Å². The average molecular weight is 214 g/mol. The molecule has 0 radical (unpaired) electrons. The maximum absolute atomic E-state index is 11.7. The monoisotopic (exact) mass is 214 g/mol. The lowest BCUT2D eigenvalue weighted by molar-refractivity contribution is -0.149. The van der Waals surface area contributed by atoms with Gasteiger partial charge >= 0.3 is 5.97 Å². The minimum absolute atomic E-state index is 0.0752. The predicted molar refractivity (Wildman–Crippen MR) is 58.3 cm³/mol. The van der Waals surface area contributed by atoms with Crippen LogP contribution in [-0.2, 0) is 9.53 Å². The van der Waals surface area contributed by atoms with Crippen molar-refractivity contribution in [2.75, 3.05) is 18.6 Å². The van der Waals surface area contributed by atoms with Crippen LogP contribution in [0.25, 0.3) is 0 Å². The summed E-state index contributed by atoms with van der Waals surface area (Å²) < 4.78 is 5.26. The standard InChI is InChI=1S/C11H18O2S/c1-14-5-4-13-11(12)10-7-8-2-3-9(10)6-8/h8-10H,2-7H2,1H3/t8-,9-,10-/m0/s1. The third-order valence-electron chi connectivity index (χ3n) is 3.57. The second kappa shape index (κ2) is 4.56. The quantitative estimate of drug-likeness (QED) is 0.531.